The first-order valence-corrected chi connectivity index (χ1v) is 10.5. The van der Waals surface area contributed by atoms with Crippen molar-refractivity contribution in [2.75, 3.05) is 0 Å². The van der Waals surface area contributed by atoms with E-state index in [1.165, 1.54) is 34.6 Å². The Balaban J connectivity index is 0.000000894. The number of carboxylic acids is 2. The van der Waals surface area contributed by atoms with E-state index in [1.54, 1.807) is 48.8 Å². The number of isothiocyanates is 2. The van der Waals surface area contributed by atoms with Crippen molar-refractivity contribution in [3.8, 4) is 34.2 Å². The third-order valence-electron chi connectivity index (χ3n) is 4.26. The minimum atomic E-state index is -1.14. The molecule has 0 aliphatic heterocycles. The number of pyridine rings is 4. The van der Waals surface area contributed by atoms with Crippen LogP contribution in [0, 0.1) is 0 Å². The molecule has 0 fully saturated rings. The van der Waals surface area contributed by atoms with Crippen LogP contribution >= 0.6 is 24.4 Å². The molecule has 0 unspecified atom stereocenters. The maximum absolute atomic E-state index is 11.7. The van der Waals surface area contributed by atoms with Crippen LogP contribution < -0.4 is 0 Å². The number of nitrogens with zero attached hydrogens (tertiary/aromatic N) is 6. The molecule has 0 aliphatic rings. The van der Waals surface area contributed by atoms with E-state index in [4.69, 9.17) is 10.8 Å². The molecule has 2 N–H and O–H groups in total. The predicted molar refractivity (Wildman–Crippen MR) is 140 cm³/mol. The molecule has 0 aliphatic carbocycles. The van der Waals surface area contributed by atoms with Crippen LogP contribution in [0.2, 0.25) is 0 Å². The number of carboxylic acid groups (broad SMARTS) is 2. The van der Waals surface area contributed by atoms with Crippen molar-refractivity contribution in [1.29, 1.82) is 0 Å². The van der Waals surface area contributed by atoms with Crippen LogP contribution in [0.4, 0.5) is 0 Å². The van der Waals surface area contributed by atoms with Gasteiger partial charge >= 0.3 is 31.4 Å². The van der Waals surface area contributed by atoms with Crippen molar-refractivity contribution in [3.63, 3.8) is 0 Å². The first-order chi connectivity index (χ1) is 17.3. The Morgan fingerprint density at radius 1 is 0.649 bits per heavy atom. The largest absolute Gasteiger partial charge is 2.00 e. The van der Waals surface area contributed by atoms with E-state index >= 15 is 0 Å². The summed E-state index contributed by atoms with van der Waals surface area (Å²) in [5.41, 5.74) is 2.07. The fourth-order valence-electron chi connectivity index (χ4n) is 2.86. The van der Waals surface area contributed by atoms with Crippen molar-refractivity contribution < 1.29 is 39.3 Å². The molecule has 0 radical (unpaired) electrons. The van der Waals surface area contributed by atoms with Crippen molar-refractivity contribution in [1.82, 2.24) is 19.9 Å². The van der Waals surface area contributed by atoms with Gasteiger partial charge in [0, 0.05) is 12.4 Å². The molecule has 0 saturated carbocycles. The van der Waals surface area contributed by atoms with Gasteiger partial charge in [-0.1, -0.05) is 36.6 Å². The standard InChI is InChI=1S/C22H14N4O4.2CNS.Ru/c27-21(28)13-9-17(15-5-1-3-7-23-15)25-19(11-13)20-12-14(22(29)30)10-18(26-20)16-6-2-4-8-24-16;2*2-1-3;/h1-12H,(H,27,28)(H,29,30);;;/q;2*-1;+2. The SMILES string of the molecule is O=C(O)c1cc(-c2ccccn2)nc(-c2cc(C(=O)O)cc(-c3ccccn3)n2)c1.[N-]=C=S.[N-]=C=S.[Ru+2]. The molecule has 4 aromatic heterocycles. The number of aromatic carboxylic acids is 2. The number of hydrogen-bond donors (Lipinski definition) is 2. The summed E-state index contributed by atoms with van der Waals surface area (Å²) in [6.45, 7) is 0. The zero-order valence-corrected chi connectivity index (χ0v) is 21.9. The summed E-state index contributed by atoms with van der Waals surface area (Å²) in [4.78, 5) is 40.7. The van der Waals surface area contributed by atoms with Crippen LogP contribution in [0.25, 0.3) is 45.0 Å². The molecule has 0 spiro atoms. The Kier molecular flexibility index (Phi) is 13.1. The summed E-state index contributed by atoms with van der Waals surface area (Å²) in [5.74, 6) is -2.29. The molecule has 0 bridgehead atoms. The molecule has 4 aromatic rings. The fourth-order valence-corrected chi connectivity index (χ4v) is 2.86. The van der Waals surface area contributed by atoms with Gasteiger partial charge in [0.15, 0.2) is 0 Å². The van der Waals surface area contributed by atoms with Crippen molar-refractivity contribution >= 4 is 46.7 Å². The topological polar surface area (TPSA) is 171 Å². The minimum absolute atomic E-state index is 0. The average Bonchev–Trinajstić information content (AvgIpc) is 2.90. The summed E-state index contributed by atoms with van der Waals surface area (Å²) in [5, 5.41) is 36.0. The summed E-state index contributed by atoms with van der Waals surface area (Å²) in [6.07, 6.45) is 3.15. The van der Waals surface area contributed by atoms with Crippen LogP contribution in [-0.4, -0.2) is 52.4 Å². The fraction of sp³-hybridized carbons (Fsp3) is 0. The number of hydrogen-bond acceptors (Lipinski definition) is 8. The van der Waals surface area contributed by atoms with Crippen LogP contribution in [-0.2, 0) is 19.5 Å². The number of aromatic nitrogens is 4. The maximum Gasteiger partial charge on any atom is 2.00 e. The maximum atomic E-state index is 11.7. The van der Waals surface area contributed by atoms with E-state index in [0.717, 1.165) is 0 Å². The molecule has 13 heteroatoms. The number of rotatable bonds is 5. The summed E-state index contributed by atoms with van der Waals surface area (Å²) in [7, 11) is 0. The molecular formula is C24H14N6O4RuS2. The Morgan fingerprint density at radius 2 is 0.946 bits per heavy atom. The summed E-state index contributed by atoms with van der Waals surface area (Å²) >= 11 is 7.40. The number of carbonyl (C=O) groups is 2. The van der Waals surface area contributed by atoms with Crippen LogP contribution in [0.1, 0.15) is 20.7 Å². The molecule has 4 heterocycles. The van der Waals surface area contributed by atoms with Gasteiger partial charge in [0.25, 0.3) is 0 Å². The van der Waals surface area contributed by atoms with Gasteiger partial charge in [0.2, 0.25) is 0 Å². The first kappa shape index (κ1) is 30.8. The van der Waals surface area contributed by atoms with E-state index in [0.29, 0.717) is 22.8 Å². The zero-order chi connectivity index (χ0) is 26.5. The van der Waals surface area contributed by atoms with Gasteiger partial charge in [0.1, 0.15) is 0 Å². The van der Waals surface area contributed by atoms with E-state index in [9.17, 15) is 19.8 Å². The van der Waals surface area contributed by atoms with Crippen LogP contribution in [0.5, 0.6) is 0 Å². The van der Waals surface area contributed by atoms with Crippen molar-refractivity contribution in [2.45, 2.75) is 0 Å². The van der Waals surface area contributed by atoms with Crippen molar-refractivity contribution in [3.05, 3.63) is 95.0 Å². The molecule has 0 amide bonds. The quantitative estimate of drug-likeness (QED) is 0.177. The Bertz CT molecular complexity index is 1330. The van der Waals surface area contributed by atoms with Gasteiger partial charge in [-0.3, -0.25) is 9.97 Å². The monoisotopic (exact) mass is 616 g/mol. The summed E-state index contributed by atoms with van der Waals surface area (Å²) in [6, 6.07) is 15.9. The van der Waals surface area contributed by atoms with Crippen LogP contribution in [0.15, 0.2) is 73.1 Å². The molecule has 0 atom stereocenters. The second-order valence-corrected chi connectivity index (χ2v) is 6.84. The van der Waals surface area contributed by atoms with Gasteiger partial charge in [-0.2, -0.15) is 10.3 Å². The molecule has 4 rings (SSSR count). The van der Waals surface area contributed by atoms with E-state index in [2.05, 4.69) is 44.4 Å². The average molecular weight is 616 g/mol. The molecule has 10 nitrogen and oxygen atoms in total. The van der Waals surface area contributed by atoms with Gasteiger partial charge in [-0.25, -0.2) is 19.6 Å². The Morgan fingerprint density at radius 3 is 1.19 bits per heavy atom. The Hall–Kier alpha value is -4.24. The molecule has 37 heavy (non-hydrogen) atoms. The normalized spacial score (nSPS) is 8.97. The summed E-state index contributed by atoms with van der Waals surface area (Å²) < 4.78 is 0. The molecular weight excluding hydrogens is 602 g/mol. The predicted octanol–water partition coefficient (Wildman–Crippen LogP) is 4.98. The first-order valence-electron chi connectivity index (χ1n) is 9.71. The molecule has 184 valence electrons. The van der Waals surface area contributed by atoms with E-state index in [-0.39, 0.29) is 42.0 Å². The second kappa shape index (κ2) is 15.7. The number of thiocarbonyl (C=S) groups is 2. The minimum Gasteiger partial charge on any atom is -0.753 e. The molecule has 0 aromatic carbocycles. The Labute approximate surface area is 234 Å². The van der Waals surface area contributed by atoms with Gasteiger partial charge in [0.05, 0.1) is 45.3 Å². The van der Waals surface area contributed by atoms with Crippen LogP contribution in [0.3, 0.4) is 0 Å². The van der Waals surface area contributed by atoms with E-state index < -0.39 is 11.9 Å². The smallest absolute Gasteiger partial charge is 0.753 e. The van der Waals surface area contributed by atoms with E-state index in [1.807, 2.05) is 0 Å². The van der Waals surface area contributed by atoms with Gasteiger partial charge in [-0.15, -0.1) is 0 Å². The van der Waals surface area contributed by atoms with Gasteiger partial charge in [-0.05, 0) is 48.5 Å². The third kappa shape index (κ3) is 9.05. The molecule has 0 saturated heterocycles. The van der Waals surface area contributed by atoms with Gasteiger partial charge < -0.3 is 21.0 Å². The van der Waals surface area contributed by atoms with Crippen molar-refractivity contribution in [2.24, 2.45) is 0 Å². The zero-order valence-electron chi connectivity index (χ0n) is 18.5. The third-order valence-corrected chi connectivity index (χ3v) is 4.26. The second-order valence-electron chi connectivity index (χ2n) is 6.48.